The fourth-order valence-corrected chi connectivity index (χ4v) is 3.38. The van der Waals surface area contributed by atoms with Crippen molar-refractivity contribution in [3.63, 3.8) is 0 Å². The highest BCUT2D eigenvalue weighted by molar-refractivity contribution is 7.99. The number of benzene rings is 1. The first-order valence-electron chi connectivity index (χ1n) is 6.42. The van der Waals surface area contributed by atoms with Gasteiger partial charge in [0.2, 0.25) is 0 Å². The van der Waals surface area contributed by atoms with Crippen molar-refractivity contribution in [3.8, 4) is 5.75 Å². The van der Waals surface area contributed by atoms with E-state index in [1.165, 1.54) is 4.90 Å². The van der Waals surface area contributed by atoms with E-state index in [0.717, 1.165) is 25.3 Å². The van der Waals surface area contributed by atoms with Gasteiger partial charge in [0.25, 0.3) is 5.91 Å². The molecule has 1 aliphatic rings. The zero-order chi connectivity index (χ0) is 14.9. The Labute approximate surface area is 121 Å². The minimum absolute atomic E-state index is 0.0313. The second-order valence-electron chi connectivity index (χ2n) is 5.02. The monoisotopic (exact) mass is 301 g/mol. The predicted octanol–water partition coefficient (Wildman–Crippen LogP) is 3.03. The number of nitrogens with zero attached hydrogens (tertiary/aromatic N) is 1. The van der Waals surface area contributed by atoms with Crippen molar-refractivity contribution in [2.75, 3.05) is 13.3 Å². The number of amides is 1. The Balaban J connectivity index is 2.19. The van der Waals surface area contributed by atoms with E-state index < -0.39 is 28.9 Å². The molecule has 1 aliphatic carbocycles. The van der Waals surface area contributed by atoms with Crippen molar-refractivity contribution in [3.05, 3.63) is 29.3 Å². The molecule has 0 saturated heterocycles. The third-order valence-electron chi connectivity index (χ3n) is 3.81. The van der Waals surface area contributed by atoms with Crippen LogP contribution >= 0.6 is 11.8 Å². The van der Waals surface area contributed by atoms with Crippen LogP contribution in [0.15, 0.2) is 12.1 Å². The molecule has 0 spiro atoms. The molecule has 0 aliphatic heterocycles. The van der Waals surface area contributed by atoms with Gasteiger partial charge in [-0.3, -0.25) is 4.79 Å². The van der Waals surface area contributed by atoms with Crippen LogP contribution in [-0.4, -0.2) is 40.5 Å². The summed E-state index contributed by atoms with van der Waals surface area (Å²) in [7, 11) is 1.60. The van der Waals surface area contributed by atoms with E-state index in [1.807, 2.05) is 6.26 Å². The number of aromatic hydroxyl groups is 1. The topological polar surface area (TPSA) is 40.5 Å². The average molecular weight is 301 g/mol. The van der Waals surface area contributed by atoms with Crippen LogP contribution in [0.1, 0.15) is 29.6 Å². The lowest BCUT2D eigenvalue weighted by molar-refractivity contribution is 0.0727. The summed E-state index contributed by atoms with van der Waals surface area (Å²) in [4.78, 5) is 13.7. The van der Waals surface area contributed by atoms with Crippen molar-refractivity contribution in [1.29, 1.82) is 0 Å². The van der Waals surface area contributed by atoms with E-state index in [-0.39, 0.29) is 6.04 Å². The molecule has 0 radical (unpaired) electrons. The molecule has 1 saturated carbocycles. The number of hydrogen-bond acceptors (Lipinski definition) is 3. The molecule has 1 aromatic carbocycles. The summed E-state index contributed by atoms with van der Waals surface area (Å²) in [5.74, 6) is -3.19. The average Bonchev–Trinajstić information content (AvgIpc) is 2.85. The van der Waals surface area contributed by atoms with Gasteiger partial charge in [-0.15, -0.1) is 0 Å². The molecule has 2 rings (SSSR count). The second kappa shape index (κ2) is 5.99. The second-order valence-corrected chi connectivity index (χ2v) is 6.16. The number of phenolic OH excluding ortho intramolecular Hbond substituents is 1. The zero-order valence-corrected chi connectivity index (χ0v) is 12.2. The van der Waals surface area contributed by atoms with Crippen LogP contribution in [0.2, 0.25) is 0 Å². The van der Waals surface area contributed by atoms with E-state index in [2.05, 4.69) is 0 Å². The van der Waals surface area contributed by atoms with E-state index in [0.29, 0.717) is 11.3 Å². The van der Waals surface area contributed by atoms with Gasteiger partial charge in [0, 0.05) is 30.5 Å². The van der Waals surface area contributed by atoms with Gasteiger partial charge in [-0.2, -0.15) is 11.8 Å². The van der Waals surface area contributed by atoms with Gasteiger partial charge in [-0.05, 0) is 25.5 Å². The molecular formula is C14H17F2NO2S. The number of rotatable bonds is 3. The van der Waals surface area contributed by atoms with Gasteiger partial charge in [0.05, 0.1) is 0 Å². The lowest BCUT2D eigenvalue weighted by Gasteiger charge is -2.25. The summed E-state index contributed by atoms with van der Waals surface area (Å²) in [6, 6.07) is 1.40. The molecule has 2 atom stereocenters. The molecule has 3 nitrogen and oxygen atoms in total. The van der Waals surface area contributed by atoms with Crippen LogP contribution in [0.3, 0.4) is 0 Å². The first-order valence-corrected chi connectivity index (χ1v) is 7.70. The molecular weight excluding hydrogens is 284 g/mol. The number of carbonyl (C=O) groups excluding carboxylic acids is 1. The third-order valence-corrected chi connectivity index (χ3v) is 4.90. The van der Waals surface area contributed by atoms with Crippen molar-refractivity contribution >= 4 is 17.7 Å². The fraction of sp³-hybridized carbons (Fsp3) is 0.500. The number of halogens is 2. The highest BCUT2D eigenvalue weighted by atomic mass is 32.2. The Bertz CT molecular complexity index is 501. The van der Waals surface area contributed by atoms with Gasteiger partial charge >= 0.3 is 0 Å². The molecule has 0 bridgehead atoms. The minimum Gasteiger partial charge on any atom is -0.507 e. The summed E-state index contributed by atoms with van der Waals surface area (Å²) < 4.78 is 26.6. The Morgan fingerprint density at radius 1 is 1.40 bits per heavy atom. The van der Waals surface area contributed by atoms with Crippen LogP contribution in [0.4, 0.5) is 8.78 Å². The highest BCUT2D eigenvalue weighted by Gasteiger charge is 2.32. The minimum atomic E-state index is -1.03. The Kier molecular flexibility index (Phi) is 4.52. The molecule has 6 heteroatoms. The third kappa shape index (κ3) is 2.90. The molecule has 0 unspecified atom stereocenters. The van der Waals surface area contributed by atoms with Gasteiger partial charge in [-0.25, -0.2) is 8.78 Å². The van der Waals surface area contributed by atoms with E-state index in [1.54, 1.807) is 18.8 Å². The summed E-state index contributed by atoms with van der Waals surface area (Å²) in [5.41, 5.74) is -0.457. The predicted molar refractivity (Wildman–Crippen MR) is 75.1 cm³/mol. The normalized spacial score (nSPS) is 22.0. The maximum atomic E-state index is 13.7. The summed E-state index contributed by atoms with van der Waals surface area (Å²) in [6.07, 6.45) is 4.76. The van der Waals surface area contributed by atoms with Crippen molar-refractivity contribution in [2.45, 2.75) is 30.6 Å². The zero-order valence-electron chi connectivity index (χ0n) is 11.4. The van der Waals surface area contributed by atoms with Crippen LogP contribution in [0.5, 0.6) is 5.75 Å². The Morgan fingerprint density at radius 3 is 2.65 bits per heavy atom. The van der Waals surface area contributed by atoms with Crippen LogP contribution in [0, 0.1) is 11.6 Å². The fourth-order valence-electron chi connectivity index (χ4n) is 2.60. The highest BCUT2D eigenvalue weighted by Crippen LogP contribution is 2.32. The summed E-state index contributed by atoms with van der Waals surface area (Å²) in [6.45, 7) is 0. The van der Waals surface area contributed by atoms with Gasteiger partial charge < -0.3 is 10.0 Å². The van der Waals surface area contributed by atoms with Crippen LogP contribution < -0.4 is 0 Å². The molecule has 0 heterocycles. The summed E-state index contributed by atoms with van der Waals surface area (Å²) in [5, 5.41) is 10.1. The maximum absolute atomic E-state index is 13.7. The van der Waals surface area contributed by atoms with Crippen LogP contribution in [-0.2, 0) is 0 Å². The summed E-state index contributed by atoms with van der Waals surface area (Å²) >= 11 is 1.76. The van der Waals surface area contributed by atoms with Crippen molar-refractivity contribution in [2.24, 2.45) is 0 Å². The van der Waals surface area contributed by atoms with E-state index in [4.69, 9.17) is 0 Å². The van der Waals surface area contributed by atoms with Crippen LogP contribution in [0.25, 0.3) is 0 Å². The number of phenols is 1. The molecule has 20 heavy (non-hydrogen) atoms. The van der Waals surface area contributed by atoms with Gasteiger partial charge in [0.1, 0.15) is 22.9 Å². The number of hydrogen-bond donors (Lipinski definition) is 1. The van der Waals surface area contributed by atoms with Crippen molar-refractivity contribution < 1.29 is 18.7 Å². The Hall–Kier alpha value is -1.30. The largest absolute Gasteiger partial charge is 0.507 e. The van der Waals surface area contributed by atoms with Crippen molar-refractivity contribution in [1.82, 2.24) is 4.90 Å². The SMILES string of the molecule is CS[C@@H]1CC[C@H](N(C)C(=O)c2c(O)cc(F)cc2F)C1. The van der Waals surface area contributed by atoms with Gasteiger partial charge in [-0.1, -0.05) is 0 Å². The Morgan fingerprint density at radius 2 is 2.10 bits per heavy atom. The molecule has 1 fully saturated rings. The molecule has 1 N–H and O–H groups in total. The lowest BCUT2D eigenvalue weighted by atomic mass is 10.1. The first kappa shape index (κ1) is 15.1. The maximum Gasteiger partial charge on any atom is 0.260 e. The van der Waals surface area contributed by atoms with Gasteiger partial charge in [0.15, 0.2) is 0 Å². The first-order chi connectivity index (χ1) is 9.43. The standard InChI is InChI=1S/C14H17F2NO2S/c1-17(9-3-4-10(7-9)20-2)14(19)13-11(16)5-8(15)6-12(13)18/h5-6,9-10,18H,3-4,7H2,1-2H3/t9-,10+/m0/s1. The quantitative estimate of drug-likeness (QED) is 0.933. The lowest BCUT2D eigenvalue weighted by Crippen LogP contribution is -2.36. The smallest absolute Gasteiger partial charge is 0.260 e. The molecule has 1 amide bonds. The van der Waals surface area contributed by atoms with E-state index in [9.17, 15) is 18.7 Å². The molecule has 1 aromatic rings. The molecule has 110 valence electrons. The molecule has 0 aromatic heterocycles. The number of carbonyl (C=O) groups is 1. The van der Waals surface area contributed by atoms with E-state index >= 15 is 0 Å². The number of thioether (sulfide) groups is 1.